The van der Waals surface area contributed by atoms with Gasteiger partial charge in [-0.15, -0.1) is 10.2 Å². The van der Waals surface area contributed by atoms with Gasteiger partial charge in [0.15, 0.2) is 15.5 Å². The molecule has 11 heteroatoms. The molecule has 0 aliphatic carbocycles. The molecule has 0 spiro atoms. The SMILES string of the molecule is CCCCn1c(=O)[nH]c(=O)c2c1nc(CSc1nnc(Nc3ccc(C)c(C)c3)s1)n2C. The van der Waals surface area contributed by atoms with Crippen LogP contribution in [0.2, 0.25) is 0 Å². The number of imidazole rings is 1. The van der Waals surface area contributed by atoms with E-state index in [2.05, 4.69) is 58.4 Å². The van der Waals surface area contributed by atoms with Crippen LogP contribution in [0.15, 0.2) is 32.1 Å². The summed E-state index contributed by atoms with van der Waals surface area (Å²) in [6, 6.07) is 6.17. The third-order valence-corrected chi connectivity index (χ3v) is 7.30. The molecular formula is C21H25N7O2S2. The summed E-state index contributed by atoms with van der Waals surface area (Å²) in [5, 5.41) is 12.5. The Morgan fingerprint density at radius 1 is 1.19 bits per heavy atom. The maximum Gasteiger partial charge on any atom is 0.330 e. The van der Waals surface area contributed by atoms with Gasteiger partial charge in [-0.1, -0.05) is 42.5 Å². The number of unbranched alkanes of at least 4 members (excludes halogenated alkanes) is 1. The fourth-order valence-electron chi connectivity index (χ4n) is 3.33. The van der Waals surface area contributed by atoms with E-state index in [1.807, 2.05) is 6.07 Å². The van der Waals surface area contributed by atoms with Crippen LogP contribution in [0.5, 0.6) is 0 Å². The van der Waals surface area contributed by atoms with E-state index < -0.39 is 11.2 Å². The van der Waals surface area contributed by atoms with Crippen LogP contribution >= 0.6 is 23.1 Å². The largest absolute Gasteiger partial charge is 0.330 e. The molecule has 0 fully saturated rings. The zero-order chi connectivity index (χ0) is 22.8. The fraction of sp³-hybridized carbons (Fsp3) is 0.381. The Hall–Kier alpha value is -2.92. The number of benzene rings is 1. The first kappa shape index (κ1) is 22.3. The zero-order valence-corrected chi connectivity index (χ0v) is 20.1. The van der Waals surface area contributed by atoms with Crippen molar-refractivity contribution in [2.24, 2.45) is 7.05 Å². The van der Waals surface area contributed by atoms with Crippen molar-refractivity contribution in [2.75, 3.05) is 5.32 Å². The van der Waals surface area contributed by atoms with Crippen LogP contribution in [0.3, 0.4) is 0 Å². The van der Waals surface area contributed by atoms with E-state index in [0.29, 0.717) is 34.4 Å². The number of thioether (sulfide) groups is 1. The number of fused-ring (bicyclic) bond motifs is 1. The number of anilines is 2. The number of nitrogens with zero attached hydrogens (tertiary/aromatic N) is 5. The van der Waals surface area contributed by atoms with Gasteiger partial charge in [0.2, 0.25) is 5.13 Å². The second-order valence-electron chi connectivity index (χ2n) is 7.61. The van der Waals surface area contributed by atoms with E-state index in [1.54, 1.807) is 16.2 Å². The lowest BCUT2D eigenvalue weighted by atomic mass is 10.1. The molecule has 4 rings (SSSR count). The third-order valence-electron chi connectivity index (χ3n) is 5.33. The molecule has 0 bridgehead atoms. The molecular weight excluding hydrogens is 446 g/mol. The maximum atomic E-state index is 12.4. The van der Waals surface area contributed by atoms with Gasteiger partial charge in [0.25, 0.3) is 5.56 Å². The predicted octanol–water partition coefficient (Wildman–Crippen LogP) is 3.73. The highest BCUT2D eigenvalue weighted by molar-refractivity contribution is 8.00. The van der Waals surface area contributed by atoms with Gasteiger partial charge in [-0.3, -0.25) is 14.3 Å². The van der Waals surface area contributed by atoms with Crippen LogP contribution in [0.4, 0.5) is 10.8 Å². The first-order valence-electron chi connectivity index (χ1n) is 10.4. The van der Waals surface area contributed by atoms with Gasteiger partial charge in [-0.05, 0) is 43.5 Å². The lowest BCUT2D eigenvalue weighted by molar-refractivity contribution is 0.613. The molecule has 1 aromatic carbocycles. The minimum absolute atomic E-state index is 0.408. The lowest BCUT2D eigenvalue weighted by Crippen LogP contribution is -2.31. The van der Waals surface area contributed by atoms with E-state index >= 15 is 0 Å². The van der Waals surface area contributed by atoms with Gasteiger partial charge in [-0.25, -0.2) is 9.78 Å². The molecule has 0 aliphatic heterocycles. The molecule has 0 atom stereocenters. The van der Waals surface area contributed by atoms with Gasteiger partial charge < -0.3 is 9.88 Å². The van der Waals surface area contributed by atoms with E-state index in [9.17, 15) is 9.59 Å². The highest BCUT2D eigenvalue weighted by Gasteiger charge is 2.17. The molecule has 168 valence electrons. The molecule has 0 amide bonds. The number of nitrogens with one attached hydrogen (secondary N) is 2. The first-order valence-corrected chi connectivity index (χ1v) is 12.2. The number of hydrogen-bond acceptors (Lipinski definition) is 8. The summed E-state index contributed by atoms with van der Waals surface area (Å²) >= 11 is 2.95. The summed E-state index contributed by atoms with van der Waals surface area (Å²) in [5.41, 5.74) is 3.43. The molecule has 4 aromatic rings. The van der Waals surface area contributed by atoms with Gasteiger partial charge in [-0.2, -0.15) is 0 Å². The summed E-state index contributed by atoms with van der Waals surface area (Å²) in [6.45, 7) is 6.73. The van der Waals surface area contributed by atoms with Crippen LogP contribution in [-0.4, -0.2) is 29.3 Å². The molecule has 9 nitrogen and oxygen atoms in total. The Kier molecular flexibility index (Phi) is 6.47. The Morgan fingerprint density at radius 3 is 2.75 bits per heavy atom. The predicted molar refractivity (Wildman–Crippen MR) is 129 cm³/mol. The lowest BCUT2D eigenvalue weighted by Gasteiger charge is -2.05. The van der Waals surface area contributed by atoms with E-state index in [1.165, 1.54) is 34.2 Å². The van der Waals surface area contributed by atoms with Gasteiger partial charge in [0.1, 0.15) is 5.82 Å². The minimum Gasteiger partial charge on any atom is -0.330 e. The normalized spacial score (nSPS) is 11.4. The van der Waals surface area contributed by atoms with Crippen LogP contribution in [-0.2, 0) is 19.3 Å². The number of aryl methyl sites for hydroxylation is 4. The summed E-state index contributed by atoms with van der Waals surface area (Å²) in [5.74, 6) is 1.20. The number of hydrogen-bond donors (Lipinski definition) is 2. The topological polar surface area (TPSA) is 110 Å². The molecule has 32 heavy (non-hydrogen) atoms. The molecule has 0 aliphatic rings. The average Bonchev–Trinajstić information content (AvgIpc) is 3.33. The fourth-order valence-corrected chi connectivity index (χ4v) is 5.09. The summed E-state index contributed by atoms with van der Waals surface area (Å²) in [7, 11) is 1.79. The molecule has 0 saturated heterocycles. The Labute approximate surface area is 192 Å². The van der Waals surface area contributed by atoms with Crippen molar-refractivity contribution in [3.8, 4) is 0 Å². The van der Waals surface area contributed by atoms with Crippen molar-refractivity contribution < 1.29 is 0 Å². The van der Waals surface area contributed by atoms with Crippen molar-refractivity contribution >= 4 is 45.1 Å². The molecule has 2 N–H and O–H groups in total. The van der Waals surface area contributed by atoms with Crippen molar-refractivity contribution in [1.29, 1.82) is 0 Å². The van der Waals surface area contributed by atoms with Crippen LogP contribution in [0, 0.1) is 13.8 Å². The Bertz CT molecular complexity index is 1380. The summed E-state index contributed by atoms with van der Waals surface area (Å²) in [4.78, 5) is 31.7. The second-order valence-corrected chi connectivity index (χ2v) is 9.81. The zero-order valence-electron chi connectivity index (χ0n) is 18.4. The standard InChI is InChI=1S/C21H25N7O2S2/c1-5-6-9-28-17-16(18(29)24-20(28)30)27(4)15(23-17)11-31-21-26-25-19(32-21)22-14-8-7-12(2)13(3)10-14/h7-8,10H,5-6,9,11H2,1-4H3,(H,22,25)(H,24,29,30). The number of aromatic nitrogens is 6. The van der Waals surface area contributed by atoms with Crippen molar-refractivity contribution in [2.45, 2.75) is 50.3 Å². The molecule has 3 heterocycles. The third kappa shape index (κ3) is 4.49. The number of H-pyrrole nitrogens is 1. The monoisotopic (exact) mass is 471 g/mol. The van der Waals surface area contributed by atoms with Crippen molar-refractivity contribution in [3.05, 3.63) is 56.0 Å². The van der Waals surface area contributed by atoms with Crippen molar-refractivity contribution in [3.63, 3.8) is 0 Å². The highest BCUT2D eigenvalue weighted by Crippen LogP contribution is 2.30. The van der Waals surface area contributed by atoms with Gasteiger partial charge in [0, 0.05) is 19.3 Å². The first-order chi connectivity index (χ1) is 15.4. The van der Waals surface area contributed by atoms with E-state index in [0.717, 1.165) is 22.9 Å². The quantitative estimate of drug-likeness (QED) is 0.377. The second kappa shape index (κ2) is 9.29. The summed E-state index contributed by atoms with van der Waals surface area (Å²) < 4.78 is 4.09. The molecule has 0 saturated carbocycles. The van der Waals surface area contributed by atoms with E-state index in [4.69, 9.17) is 0 Å². The Balaban J connectivity index is 1.53. The average molecular weight is 472 g/mol. The minimum atomic E-state index is -0.417. The number of aromatic amines is 1. The van der Waals surface area contributed by atoms with Crippen molar-refractivity contribution in [1.82, 2.24) is 29.3 Å². The van der Waals surface area contributed by atoms with Crippen LogP contribution in [0.25, 0.3) is 11.2 Å². The van der Waals surface area contributed by atoms with Gasteiger partial charge in [0.05, 0.1) is 5.75 Å². The van der Waals surface area contributed by atoms with Gasteiger partial charge >= 0.3 is 5.69 Å². The Morgan fingerprint density at radius 2 is 2.00 bits per heavy atom. The molecule has 0 radical (unpaired) electrons. The van der Waals surface area contributed by atoms with Crippen LogP contribution < -0.4 is 16.6 Å². The highest BCUT2D eigenvalue weighted by atomic mass is 32.2. The molecule has 0 unspecified atom stereocenters. The van der Waals surface area contributed by atoms with E-state index in [-0.39, 0.29) is 0 Å². The maximum absolute atomic E-state index is 12.4. The van der Waals surface area contributed by atoms with Crippen LogP contribution in [0.1, 0.15) is 36.7 Å². The summed E-state index contributed by atoms with van der Waals surface area (Å²) in [6.07, 6.45) is 1.78. The number of rotatable bonds is 8. The molecule has 3 aromatic heterocycles. The smallest absolute Gasteiger partial charge is 0.330 e.